The highest BCUT2D eigenvalue weighted by Gasteiger charge is 2.36. The maximum absolute atomic E-state index is 13.5. The topological polar surface area (TPSA) is 102 Å². The zero-order valence-corrected chi connectivity index (χ0v) is 21.5. The Morgan fingerprint density at radius 2 is 1.86 bits per heavy atom. The largest absolute Gasteiger partial charge is 0.497 e. The summed E-state index contributed by atoms with van der Waals surface area (Å²) in [5.74, 6) is 2.21. The predicted octanol–water partition coefficient (Wildman–Crippen LogP) is 3.55. The number of amides is 3. The summed E-state index contributed by atoms with van der Waals surface area (Å²) < 4.78 is 21.9. The highest BCUT2D eigenvalue weighted by atomic mass is 16.7. The van der Waals surface area contributed by atoms with Gasteiger partial charge < -0.3 is 29.2 Å². The molecule has 0 saturated carbocycles. The molecular formula is C26H32N4O6. The van der Waals surface area contributed by atoms with Gasteiger partial charge >= 0.3 is 6.03 Å². The summed E-state index contributed by atoms with van der Waals surface area (Å²) in [6.45, 7) is 5.67. The Labute approximate surface area is 210 Å². The fourth-order valence-electron chi connectivity index (χ4n) is 4.08. The van der Waals surface area contributed by atoms with Crippen LogP contribution in [0.15, 0.2) is 41.5 Å². The van der Waals surface area contributed by atoms with Crippen LogP contribution >= 0.6 is 0 Å². The number of carbonyl (C=O) groups is 2. The van der Waals surface area contributed by atoms with Crippen molar-refractivity contribution in [2.75, 3.05) is 34.6 Å². The SMILES string of the molecule is COc1ccc(C2=NN(C(=O)CN(C)C(=O)NC(C)(C)C)C(c3ccc4c(c3)OCO4)C2)c(OC)c1. The third-order valence-corrected chi connectivity index (χ3v) is 5.87. The zero-order valence-electron chi connectivity index (χ0n) is 21.5. The van der Waals surface area contributed by atoms with Crippen LogP contribution in [0.25, 0.3) is 0 Å². The molecule has 2 aromatic carbocycles. The molecule has 192 valence electrons. The second-order valence-electron chi connectivity index (χ2n) is 9.72. The van der Waals surface area contributed by atoms with Crippen LogP contribution in [0.1, 0.15) is 44.4 Å². The highest BCUT2D eigenvalue weighted by Crippen LogP contribution is 2.40. The van der Waals surface area contributed by atoms with Gasteiger partial charge in [-0.3, -0.25) is 4.79 Å². The molecule has 2 heterocycles. The molecule has 0 saturated heterocycles. The van der Waals surface area contributed by atoms with Crippen LogP contribution in [0.3, 0.4) is 0 Å². The van der Waals surface area contributed by atoms with Crippen LogP contribution in [0.5, 0.6) is 23.0 Å². The van der Waals surface area contributed by atoms with Crippen molar-refractivity contribution in [3.05, 3.63) is 47.5 Å². The Balaban J connectivity index is 1.65. The van der Waals surface area contributed by atoms with E-state index in [9.17, 15) is 9.59 Å². The fourth-order valence-corrected chi connectivity index (χ4v) is 4.08. The number of hydrazone groups is 1. The second-order valence-corrected chi connectivity index (χ2v) is 9.72. The number of methoxy groups -OCH3 is 2. The van der Waals surface area contributed by atoms with Crippen LogP contribution in [-0.4, -0.2) is 67.7 Å². The third kappa shape index (κ3) is 5.32. The molecule has 10 heteroatoms. The molecule has 0 spiro atoms. The number of nitrogens with one attached hydrogen (secondary N) is 1. The van der Waals surface area contributed by atoms with Crippen LogP contribution in [0, 0.1) is 0 Å². The average molecular weight is 497 g/mol. The number of rotatable bonds is 6. The number of hydrogen-bond acceptors (Lipinski definition) is 7. The molecule has 10 nitrogen and oxygen atoms in total. The molecule has 0 aromatic heterocycles. The van der Waals surface area contributed by atoms with Crippen molar-refractivity contribution >= 4 is 17.6 Å². The summed E-state index contributed by atoms with van der Waals surface area (Å²) in [5.41, 5.74) is 1.87. The van der Waals surface area contributed by atoms with E-state index >= 15 is 0 Å². The number of urea groups is 1. The van der Waals surface area contributed by atoms with Gasteiger partial charge in [-0.15, -0.1) is 0 Å². The Kier molecular flexibility index (Phi) is 6.96. The quantitative estimate of drug-likeness (QED) is 0.656. The van der Waals surface area contributed by atoms with E-state index in [4.69, 9.17) is 24.0 Å². The van der Waals surface area contributed by atoms with E-state index in [0.717, 1.165) is 11.1 Å². The first-order valence-electron chi connectivity index (χ1n) is 11.6. The normalized spacial score (nSPS) is 16.4. The van der Waals surface area contributed by atoms with Gasteiger partial charge in [0.25, 0.3) is 5.91 Å². The molecule has 0 radical (unpaired) electrons. The minimum absolute atomic E-state index is 0.139. The number of ether oxygens (including phenoxy) is 4. The molecule has 1 atom stereocenters. The van der Waals surface area contributed by atoms with Crippen LogP contribution < -0.4 is 24.3 Å². The number of nitrogens with zero attached hydrogens (tertiary/aromatic N) is 3. The van der Waals surface area contributed by atoms with Gasteiger partial charge in [-0.05, 0) is 50.6 Å². The van der Waals surface area contributed by atoms with Crippen molar-refractivity contribution in [2.45, 2.75) is 38.8 Å². The molecule has 2 aromatic rings. The summed E-state index contributed by atoms with van der Waals surface area (Å²) in [7, 11) is 4.75. The molecule has 0 fully saturated rings. The lowest BCUT2D eigenvalue weighted by Crippen LogP contribution is -2.49. The minimum atomic E-state index is -0.423. The third-order valence-electron chi connectivity index (χ3n) is 5.87. The Bertz CT molecular complexity index is 1190. The van der Waals surface area contributed by atoms with Crippen molar-refractivity contribution < 1.29 is 28.5 Å². The van der Waals surface area contributed by atoms with E-state index in [0.29, 0.717) is 35.1 Å². The van der Waals surface area contributed by atoms with Gasteiger partial charge in [0, 0.05) is 30.6 Å². The summed E-state index contributed by atoms with van der Waals surface area (Å²) in [6.07, 6.45) is 0.450. The van der Waals surface area contributed by atoms with E-state index in [2.05, 4.69) is 5.32 Å². The van der Waals surface area contributed by atoms with Crippen LogP contribution in [0.4, 0.5) is 4.79 Å². The first kappa shape index (κ1) is 25.2. The van der Waals surface area contributed by atoms with E-state index in [1.807, 2.05) is 51.1 Å². The summed E-state index contributed by atoms with van der Waals surface area (Å²) in [5, 5.41) is 9.02. The van der Waals surface area contributed by atoms with E-state index in [-0.39, 0.29) is 25.3 Å². The molecule has 1 unspecified atom stereocenters. The lowest BCUT2D eigenvalue weighted by atomic mass is 9.97. The molecule has 4 rings (SSSR count). The smallest absolute Gasteiger partial charge is 0.318 e. The number of fused-ring (bicyclic) bond motifs is 1. The maximum Gasteiger partial charge on any atom is 0.318 e. The van der Waals surface area contributed by atoms with Gasteiger partial charge in [0.2, 0.25) is 6.79 Å². The van der Waals surface area contributed by atoms with Crippen molar-refractivity contribution in [1.82, 2.24) is 15.2 Å². The summed E-state index contributed by atoms with van der Waals surface area (Å²) >= 11 is 0. The van der Waals surface area contributed by atoms with Gasteiger partial charge in [-0.25, -0.2) is 9.80 Å². The molecule has 2 aliphatic heterocycles. The van der Waals surface area contributed by atoms with Gasteiger partial charge in [0.05, 0.1) is 26.0 Å². The number of benzene rings is 2. The molecular weight excluding hydrogens is 464 g/mol. The monoisotopic (exact) mass is 496 g/mol. The lowest BCUT2D eigenvalue weighted by Gasteiger charge is -2.28. The molecule has 1 N–H and O–H groups in total. The van der Waals surface area contributed by atoms with E-state index in [1.165, 1.54) is 9.91 Å². The van der Waals surface area contributed by atoms with E-state index in [1.54, 1.807) is 27.3 Å². The van der Waals surface area contributed by atoms with Crippen molar-refractivity contribution in [3.8, 4) is 23.0 Å². The standard InChI is InChI=1S/C26H32N4O6/c1-26(2,3)27-25(32)29(4)14-24(31)30-20(16-7-10-21-23(11-16)36-15-35-21)13-19(28-30)18-9-8-17(33-5)12-22(18)34-6/h7-12,20H,13-15H2,1-6H3,(H,27,32). The molecule has 36 heavy (non-hydrogen) atoms. The summed E-state index contributed by atoms with van der Waals surface area (Å²) in [6, 6.07) is 10.3. The molecule has 0 aliphatic carbocycles. The molecule has 0 bridgehead atoms. The maximum atomic E-state index is 13.5. The summed E-state index contributed by atoms with van der Waals surface area (Å²) in [4.78, 5) is 27.4. The zero-order chi connectivity index (χ0) is 26.0. The predicted molar refractivity (Wildman–Crippen MR) is 134 cm³/mol. The minimum Gasteiger partial charge on any atom is -0.497 e. The first-order valence-corrected chi connectivity index (χ1v) is 11.6. The first-order chi connectivity index (χ1) is 17.1. The number of hydrogen-bond donors (Lipinski definition) is 1. The van der Waals surface area contributed by atoms with Crippen molar-refractivity contribution in [1.29, 1.82) is 0 Å². The van der Waals surface area contributed by atoms with Crippen molar-refractivity contribution in [3.63, 3.8) is 0 Å². The highest BCUT2D eigenvalue weighted by molar-refractivity contribution is 6.05. The molecule has 2 aliphatic rings. The average Bonchev–Trinajstić information content (AvgIpc) is 3.49. The Morgan fingerprint density at radius 3 is 2.56 bits per heavy atom. The van der Waals surface area contributed by atoms with Crippen LogP contribution in [-0.2, 0) is 4.79 Å². The second kappa shape index (κ2) is 9.96. The van der Waals surface area contributed by atoms with Gasteiger partial charge in [0.1, 0.15) is 18.0 Å². The number of carbonyl (C=O) groups excluding carboxylic acids is 2. The van der Waals surface area contributed by atoms with Gasteiger partial charge in [0.15, 0.2) is 11.5 Å². The molecule has 3 amide bonds. The Hall–Kier alpha value is -3.95. The lowest BCUT2D eigenvalue weighted by molar-refractivity contribution is -0.133. The number of likely N-dealkylation sites (N-methyl/N-ethyl adjacent to an activating group) is 1. The Morgan fingerprint density at radius 1 is 1.11 bits per heavy atom. The van der Waals surface area contributed by atoms with Gasteiger partial charge in [-0.1, -0.05) is 6.07 Å². The fraction of sp³-hybridized carbons (Fsp3) is 0.423. The van der Waals surface area contributed by atoms with Crippen LogP contribution in [0.2, 0.25) is 0 Å². The van der Waals surface area contributed by atoms with Gasteiger partial charge in [-0.2, -0.15) is 5.10 Å². The van der Waals surface area contributed by atoms with Crippen molar-refractivity contribution in [2.24, 2.45) is 5.10 Å². The van der Waals surface area contributed by atoms with E-state index < -0.39 is 11.6 Å².